The van der Waals surface area contributed by atoms with Crippen molar-refractivity contribution in [1.82, 2.24) is 5.32 Å². The third kappa shape index (κ3) is 5.04. The van der Waals surface area contributed by atoms with Crippen molar-refractivity contribution in [1.29, 1.82) is 0 Å². The van der Waals surface area contributed by atoms with Crippen LogP contribution in [0.1, 0.15) is 10.4 Å². The fraction of sp³-hybridized carbons (Fsp3) is 0.111. The summed E-state index contributed by atoms with van der Waals surface area (Å²) in [6, 6.07) is 9.06. The van der Waals surface area contributed by atoms with Gasteiger partial charge in [-0.1, -0.05) is 18.1 Å². The number of ether oxygens (including phenoxy) is 1. The number of hydrogen-bond acceptors (Lipinski definition) is 3. The van der Waals surface area contributed by atoms with Gasteiger partial charge in [0.2, 0.25) is 0 Å². The molecule has 0 saturated carbocycles. The first kappa shape index (κ1) is 17.9. The van der Waals surface area contributed by atoms with Crippen LogP contribution >= 0.6 is 0 Å². The van der Waals surface area contributed by atoms with Gasteiger partial charge < -0.3 is 15.4 Å². The summed E-state index contributed by atoms with van der Waals surface area (Å²) < 4.78 is 31.3. The van der Waals surface area contributed by atoms with Crippen molar-refractivity contribution in [3.63, 3.8) is 0 Å². The van der Waals surface area contributed by atoms with Crippen LogP contribution in [0.4, 0.5) is 14.5 Å². The zero-order chi connectivity index (χ0) is 18.2. The Balaban J connectivity index is 2.01. The topological polar surface area (TPSA) is 67.4 Å². The summed E-state index contributed by atoms with van der Waals surface area (Å²) in [7, 11) is 0. The van der Waals surface area contributed by atoms with Crippen molar-refractivity contribution in [2.24, 2.45) is 0 Å². The molecule has 0 heterocycles. The Kier molecular flexibility index (Phi) is 6.07. The first-order valence-electron chi connectivity index (χ1n) is 7.19. The Morgan fingerprint density at radius 2 is 1.92 bits per heavy atom. The highest BCUT2D eigenvalue weighted by molar-refractivity contribution is 6.04. The number of carbonyl (C=O) groups is 2. The van der Waals surface area contributed by atoms with Crippen molar-refractivity contribution in [2.75, 3.05) is 18.5 Å². The number of rotatable bonds is 6. The summed E-state index contributed by atoms with van der Waals surface area (Å²) >= 11 is 0. The number of terminal acetylenes is 1. The third-order valence-corrected chi connectivity index (χ3v) is 3.05. The molecule has 2 amide bonds. The molecule has 2 rings (SSSR count). The van der Waals surface area contributed by atoms with E-state index < -0.39 is 30.1 Å². The minimum atomic E-state index is -0.915. The molecule has 0 radical (unpaired) electrons. The molecule has 0 atom stereocenters. The molecule has 0 aliphatic carbocycles. The molecule has 0 spiro atoms. The van der Waals surface area contributed by atoms with Crippen LogP contribution < -0.4 is 15.4 Å². The smallest absolute Gasteiger partial charge is 0.262 e. The van der Waals surface area contributed by atoms with Crippen molar-refractivity contribution in [2.45, 2.75) is 0 Å². The Morgan fingerprint density at radius 1 is 1.16 bits per heavy atom. The maximum atomic E-state index is 13.5. The first-order chi connectivity index (χ1) is 12.0. The number of benzene rings is 2. The maximum absolute atomic E-state index is 13.5. The molecule has 0 saturated heterocycles. The summed E-state index contributed by atoms with van der Waals surface area (Å²) in [5, 5.41) is 4.99. The summed E-state index contributed by atoms with van der Waals surface area (Å²) in [6.07, 6.45) is 5.08. The lowest BCUT2D eigenvalue weighted by Crippen LogP contribution is -2.26. The van der Waals surface area contributed by atoms with Crippen LogP contribution in [0.15, 0.2) is 42.5 Å². The van der Waals surface area contributed by atoms with Crippen molar-refractivity contribution in [3.05, 3.63) is 59.7 Å². The van der Waals surface area contributed by atoms with Gasteiger partial charge in [-0.15, -0.1) is 6.42 Å². The van der Waals surface area contributed by atoms with E-state index in [0.29, 0.717) is 6.07 Å². The molecule has 2 N–H and O–H groups in total. The van der Waals surface area contributed by atoms with Crippen LogP contribution in [-0.4, -0.2) is 25.0 Å². The zero-order valence-electron chi connectivity index (χ0n) is 13.0. The molecule has 0 unspecified atom stereocenters. The minimum absolute atomic E-state index is 0.0497. The Morgan fingerprint density at radius 3 is 2.64 bits per heavy atom. The van der Waals surface area contributed by atoms with Gasteiger partial charge in [-0.05, 0) is 24.3 Å². The van der Waals surface area contributed by atoms with Crippen LogP contribution in [0.3, 0.4) is 0 Å². The number of halogens is 2. The fourth-order valence-electron chi connectivity index (χ4n) is 1.94. The van der Waals surface area contributed by atoms with Gasteiger partial charge >= 0.3 is 0 Å². The molecule has 0 fully saturated rings. The average Bonchev–Trinajstić information content (AvgIpc) is 2.59. The molecule has 5 nitrogen and oxygen atoms in total. The van der Waals surface area contributed by atoms with E-state index in [0.717, 1.165) is 12.1 Å². The molecule has 0 bridgehead atoms. The van der Waals surface area contributed by atoms with E-state index in [4.69, 9.17) is 11.2 Å². The lowest BCUT2D eigenvalue weighted by atomic mass is 10.1. The number of para-hydroxylation sites is 1. The van der Waals surface area contributed by atoms with Crippen LogP contribution in [0.2, 0.25) is 0 Å². The lowest BCUT2D eigenvalue weighted by molar-refractivity contribution is -0.118. The lowest BCUT2D eigenvalue weighted by Gasteiger charge is -2.11. The van der Waals surface area contributed by atoms with Gasteiger partial charge in [0.25, 0.3) is 11.8 Å². The second-order valence-corrected chi connectivity index (χ2v) is 4.84. The highest BCUT2D eigenvalue weighted by Crippen LogP contribution is 2.18. The van der Waals surface area contributed by atoms with Crippen molar-refractivity contribution >= 4 is 17.5 Å². The molecule has 128 valence electrons. The summed E-state index contributed by atoms with van der Waals surface area (Å²) in [5.74, 6) is -0.697. The van der Waals surface area contributed by atoms with Crippen molar-refractivity contribution < 1.29 is 23.1 Å². The predicted octanol–water partition coefficient (Wildman–Crippen LogP) is 2.35. The van der Waals surface area contributed by atoms with Gasteiger partial charge in [0.1, 0.15) is 5.82 Å². The monoisotopic (exact) mass is 344 g/mol. The molecular weight excluding hydrogens is 330 g/mol. The van der Waals surface area contributed by atoms with E-state index in [1.165, 1.54) is 12.1 Å². The van der Waals surface area contributed by atoms with E-state index in [1.54, 1.807) is 12.1 Å². The quantitative estimate of drug-likeness (QED) is 0.791. The SMILES string of the molecule is C#CCNC(=O)c1ccccc1NC(=O)COc1ccc(F)cc1F. The molecule has 0 aliphatic heterocycles. The highest BCUT2D eigenvalue weighted by atomic mass is 19.1. The van der Waals surface area contributed by atoms with E-state index in [-0.39, 0.29) is 23.5 Å². The van der Waals surface area contributed by atoms with Crippen LogP contribution in [0.5, 0.6) is 5.75 Å². The molecule has 2 aromatic rings. The van der Waals surface area contributed by atoms with Crippen LogP contribution in [0, 0.1) is 24.0 Å². The fourth-order valence-corrected chi connectivity index (χ4v) is 1.94. The van der Waals surface area contributed by atoms with Crippen LogP contribution in [-0.2, 0) is 4.79 Å². The van der Waals surface area contributed by atoms with E-state index in [2.05, 4.69) is 16.6 Å². The second kappa shape index (κ2) is 8.45. The van der Waals surface area contributed by atoms with Gasteiger partial charge in [0.05, 0.1) is 17.8 Å². The third-order valence-electron chi connectivity index (χ3n) is 3.05. The minimum Gasteiger partial charge on any atom is -0.481 e. The van der Waals surface area contributed by atoms with E-state index >= 15 is 0 Å². The van der Waals surface area contributed by atoms with E-state index in [1.807, 2.05) is 0 Å². The normalized spacial score (nSPS) is 9.80. The summed E-state index contributed by atoms with van der Waals surface area (Å²) in [6.45, 7) is -0.461. The standard InChI is InChI=1S/C18H14F2N2O3/c1-2-9-21-18(24)13-5-3-4-6-15(13)22-17(23)11-25-16-8-7-12(19)10-14(16)20/h1,3-8,10H,9,11H2,(H,21,24)(H,22,23). The predicted molar refractivity (Wildman–Crippen MR) is 88.1 cm³/mol. The first-order valence-corrected chi connectivity index (χ1v) is 7.19. The average molecular weight is 344 g/mol. The van der Waals surface area contributed by atoms with Gasteiger partial charge in [0.15, 0.2) is 18.2 Å². The van der Waals surface area contributed by atoms with E-state index in [9.17, 15) is 18.4 Å². The largest absolute Gasteiger partial charge is 0.481 e. The summed E-state index contributed by atoms with van der Waals surface area (Å²) in [4.78, 5) is 23.9. The molecule has 0 aliphatic rings. The van der Waals surface area contributed by atoms with Gasteiger partial charge in [0, 0.05) is 6.07 Å². The van der Waals surface area contributed by atoms with Gasteiger partial charge in [-0.25, -0.2) is 8.78 Å². The molecule has 2 aromatic carbocycles. The number of hydrogen-bond donors (Lipinski definition) is 2. The van der Waals surface area contributed by atoms with Gasteiger partial charge in [-0.2, -0.15) is 0 Å². The van der Waals surface area contributed by atoms with Crippen LogP contribution in [0.25, 0.3) is 0 Å². The number of amides is 2. The zero-order valence-corrected chi connectivity index (χ0v) is 13.0. The maximum Gasteiger partial charge on any atom is 0.262 e. The second-order valence-electron chi connectivity index (χ2n) is 4.84. The number of carbonyl (C=O) groups excluding carboxylic acids is 2. The molecule has 7 heteroatoms. The van der Waals surface area contributed by atoms with Gasteiger partial charge in [-0.3, -0.25) is 9.59 Å². The number of nitrogens with one attached hydrogen (secondary N) is 2. The Bertz CT molecular complexity index is 831. The Hall–Kier alpha value is -3.40. The Labute approximate surface area is 143 Å². The molecular formula is C18H14F2N2O3. The highest BCUT2D eigenvalue weighted by Gasteiger charge is 2.13. The number of anilines is 1. The summed E-state index contributed by atoms with van der Waals surface area (Å²) in [5.41, 5.74) is 0.476. The molecule has 0 aromatic heterocycles. The van der Waals surface area contributed by atoms with Crippen molar-refractivity contribution in [3.8, 4) is 18.1 Å². The molecule has 25 heavy (non-hydrogen) atoms.